The van der Waals surface area contributed by atoms with Crippen molar-refractivity contribution in [2.75, 3.05) is 29.9 Å². The number of benzene rings is 1. The van der Waals surface area contributed by atoms with E-state index >= 15 is 0 Å². The van der Waals surface area contributed by atoms with E-state index in [1.807, 2.05) is 32.0 Å². The molecule has 7 nitrogen and oxygen atoms in total. The molecule has 1 aliphatic rings. The third-order valence-electron chi connectivity index (χ3n) is 5.43. The molecule has 1 aromatic carbocycles. The van der Waals surface area contributed by atoms with Gasteiger partial charge in [-0.2, -0.15) is 4.98 Å². The van der Waals surface area contributed by atoms with Crippen molar-refractivity contribution < 1.29 is 9.53 Å². The lowest BCUT2D eigenvalue weighted by molar-refractivity contribution is 0.0976. The predicted molar refractivity (Wildman–Crippen MR) is 125 cm³/mol. The van der Waals surface area contributed by atoms with E-state index in [-0.39, 0.29) is 11.9 Å². The van der Waals surface area contributed by atoms with E-state index in [1.165, 1.54) is 0 Å². The Morgan fingerprint density at radius 1 is 1.10 bits per heavy atom. The van der Waals surface area contributed by atoms with Gasteiger partial charge in [0.05, 0.1) is 6.61 Å². The van der Waals surface area contributed by atoms with Gasteiger partial charge in [0.2, 0.25) is 5.95 Å². The highest BCUT2D eigenvalue weighted by atomic mass is 16.5. The van der Waals surface area contributed by atoms with Crippen LogP contribution in [0.1, 0.15) is 57.5 Å². The lowest BCUT2D eigenvalue weighted by atomic mass is 10.1. The van der Waals surface area contributed by atoms with Gasteiger partial charge in [-0.05, 0) is 71.4 Å². The minimum Gasteiger partial charge on any atom is -0.493 e. The molecule has 0 bridgehead atoms. The number of ether oxygens (including phenoxy) is 1. The van der Waals surface area contributed by atoms with Gasteiger partial charge in [0.1, 0.15) is 11.6 Å². The topological polar surface area (TPSA) is 70.6 Å². The summed E-state index contributed by atoms with van der Waals surface area (Å²) in [6.07, 6.45) is 2.54. The molecule has 1 aliphatic heterocycles. The summed E-state index contributed by atoms with van der Waals surface area (Å²) >= 11 is 0. The van der Waals surface area contributed by atoms with Gasteiger partial charge in [-0.15, -0.1) is 0 Å². The molecule has 0 atom stereocenters. The number of amides is 1. The molecule has 2 heterocycles. The summed E-state index contributed by atoms with van der Waals surface area (Å²) < 4.78 is 5.60. The number of rotatable bonds is 9. The zero-order valence-electron chi connectivity index (χ0n) is 19.6. The molecule has 0 saturated carbocycles. The minimum absolute atomic E-state index is 0.0589. The van der Waals surface area contributed by atoms with Gasteiger partial charge in [0, 0.05) is 49.4 Å². The molecule has 1 aromatic heterocycles. The van der Waals surface area contributed by atoms with Crippen molar-refractivity contribution in [1.29, 1.82) is 0 Å². The Bertz CT molecular complexity index is 889. The van der Waals surface area contributed by atoms with Gasteiger partial charge in [0.15, 0.2) is 0 Å². The lowest BCUT2D eigenvalue weighted by Crippen LogP contribution is -2.44. The molecule has 31 heavy (non-hydrogen) atoms. The number of anilines is 2. The second-order valence-electron chi connectivity index (χ2n) is 8.84. The number of aromatic nitrogens is 2. The maximum absolute atomic E-state index is 13.6. The predicted octanol–water partition coefficient (Wildman–Crippen LogP) is 4.00. The number of nitrogens with one attached hydrogen (secondary N) is 1. The number of carbonyl (C=O) groups is 1. The number of fused-ring (bicyclic) bond motifs is 1. The van der Waals surface area contributed by atoms with Gasteiger partial charge >= 0.3 is 0 Å². The van der Waals surface area contributed by atoms with Crippen molar-refractivity contribution in [2.45, 2.75) is 66.1 Å². The second-order valence-corrected chi connectivity index (χ2v) is 8.84. The molecule has 0 radical (unpaired) electrons. The summed E-state index contributed by atoms with van der Waals surface area (Å²) in [7, 11) is 0. The molecule has 3 rings (SSSR count). The molecule has 2 aromatic rings. The summed E-state index contributed by atoms with van der Waals surface area (Å²) in [4.78, 5) is 26.7. The smallest absolute Gasteiger partial charge is 0.259 e. The average molecular weight is 426 g/mol. The van der Waals surface area contributed by atoms with Crippen molar-refractivity contribution in [3.8, 4) is 5.75 Å². The van der Waals surface area contributed by atoms with Gasteiger partial charge in [-0.1, -0.05) is 0 Å². The highest BCUT2D eigenvalue weighted by Gasteiger charge is 2.24. The molecule has 7 heteroatoms. The molecule has 0 unspecified atom stereocenters. The molecule has 0 fully saturated rings. The summed E-state index contributed by atoms with van der Waals surface area (Å²) in [5.41, 5.74) is 1.74. The summed E-state index contributed by atoms with van der Waals surface area (Å²) in [5, 5.41) is 3.23. The summed E-state index contributed by atoms with van der Waals surface area (Å²) in [5.74, 6) is 1.94. The summed E-state index contributed by atoms with van der Waals surface area (Å²) in [6.45, 7) is 14.8. The van der Waals surface area contributed by atoms with Crippen molar-refractivity contribution in [2.24, 2.45) is 0 Å². The molecule has 0 saturated heterocycles. The van der Waals surface area contributed by atoms with Crippen molar-refractivity contribution in [3.05, 3.63) is 41.6 Å². The van der Waals surface area contributed by atoms with E-state index in [0.717, 1.165) is 24.3 Å². The van der Waals surface area contributed by atoms with Crippen LogP contribution in [0.3, 0.4) is 0 Å². The summed E-state index contributed by atoms with van der Waals surface area (Å²) in [6, 6.07) is 8.47. The van der Waals surface area contributed by atoms with Crippen LogP contribution in [0.4, 0.5) is 11.8 Å². The first-order valence-corrected chi connectivity index (χ1v) is 11.2. The Labute approximate surface area is 185 Å². The molecular weight excluding hydrogens is 390 g/mol. The van der Waals surface area contributed by atoms with Crippen LogP contribution in [0.15, 0.2) is 30.5 Å². The van der Waals surface area contributed by atoms with Crippen LogP contribution < -0.4 is 15.0 Å². The van der Waals surface area contributed by atoms with Gasteiger partial charge < -0.3 is 10.1 Å². The quantitative estimate of drug-likeness (QED) is 0.655. The van der Waals surface area contributed by atoms with Crippen LogP contribution in [0.25, 0.3) is 0 Å². The SMILES string of the molecule is CC(C)Nc1nccc(N(CCN(C(C)C)C(C)C)C(=O)c2ccc3c(c2)CCO3)n1. The number of nitrogens with zero attached hydrogens (tertiary/aromatic N) is 4. The van der Waals surface area contributed by atoms with Crippen molar-refractivity contribution >= 4 is 17.7 Å². The molecular formula is C24H35N5O2. The van der Waals surface area contributed by atoms with Crippen molar-refractivity contribution in [3.63, 3.8) is 0 Å². The van der Waals surface area contributed by atoms with Crippen LogP contribution in [0.2, 0.25) is 0 Å². The third kappa shape index (κ3) is 5.73. The average Bonchev–Trinajstić information content (AvgIpc) is 3.17. The van der Waals surface area contributed by atoms with Gasteiger partial charge in [-0.25, -0.2) is 4.98 Å². The van der Waals surface area contributed by atoms with Gasteiger partial charge in [0.25, 0.3) is 5.91 Å². The molecule has 1 amide bonds. The number of hydrogen-bond donors (Lipinski definition) is 1. The number of carbonyl (C=O) groups excluding carboxylic acids is 1. The first-order chi connectivity index (χ1) is 14.8. The fraction of sp³-hybridized carbons (Fsp3) is 0.542. The molecule has 0 spiro atoms. The van der Waals surface area contributed by atoms with E-state index in [1.54, 1.807) is 17.2 Å². The zero-order chi connectivity index (χ0) is 22.5. The fourth-order valence-corrected chi connectivity index (χ4v) is 3.95. The maximum atomic E-state index is 13.6. The van der Waals surface area contributed by atoms with Crippen LogP contribution in [0.5, 0.6) is 5.75 Å². The van der Waals surface area contributed by atoms with Crippen LogP contribution in [0, 0.1) is 0 Å². The first kappa shape index (κ1) is 23.0. The van der Waals surface area contributed by atoms with E-state index in [9.17, 15) is 4.79 Å². The van der Waals surface area contributed by atoms with E-state index in [4.69, 9.17) is 4.74 Å². The highest BCUT2D eigenvalue weighted by molar-refractivity contribution is 6.05. The van der Waals surface area contributed by atoms with E-state index < -0.39 is 0 Å². The Morgan fingerprint density at radius 3 is 2.52 bits per heavy atom. The van der Waals surface area contributed by atoms with Crippen molar-refractivity contribution in [1.82, 2.24) is 14.9 Å². The van der Waals surface area contributed by atoms with Crippen LogP contribution >= 0.6 is 0 Å². The zero-order valence-corrected chi connectivity index (χ0v) is 19.6. The monoisotopic (exact) mass is 425 g/mol. The Hall–Kier alpha value is -2.67. The third-order valence-corrected chi connectivity index (χ3v) is 5.43. The minimum atomic E-state index is -0.0589. The normalized spacial score (nSPS) is 13.1. The molecule has 0 aliphatic carbocycles. The van der Waals surface area contributed by atoms with E-state index in [0.29, 0.717) is 42.6 Å². The maximum Gasteiger partial charge on any atom is 0.259 e. The standard InChI is InChI=1S/C24H35N5O2/c1-16(2)26-24-25-11-9-22(27-24)29(13-12-28(17(3)4)18(5)6)23(30)20-7-8-21-19(15-20)10-14-31-21/h7-9,11,15-18H,10,12-14H2,1-6H3,(H,25,26,27). The second kappa shape index (κ2) is 10.1. The molecule has 1 N–H and O–H groups in total. The van der Waals surface area contributed by atoms with E-state index in [2.05, 4.69) is 47.9 Å². The van der Waals surface area contributed by atoms with Gasteiger partial charge in [-0.3, -0.25) is 14.6 Å². The fourth-order valence-electron chi connectivity index (χ4n) is 3.95. The van der Waals surface area contributed by atoms with Crippen LogP contribution in [-0.2, 0) is 6.42 Å². The Balaban J connectivity index is 1.91. The Morgan fingerprint density at radius 2 is 1.84 bits per heavy atom. The lowest BCUT2D eigenvalue weighted by Gasteiger charge is -2.33. The first-order valence-electron chi connectivity index (χ1n) is 11.2. The largest absolute Gasteiger partial charge is 0.493 e. The molecule has 168 valence electrons. The van der Waals surface area contributed by atoms with Crippen LogP contribution in [-0.4, -0.2) is 58.6 Å². The number of hydrogen-bond acceptors (Lipinski definition) is 6. The highest BCUT2D eigenvalue weighted by Crippen LogP contribution is 2.27. The Kier molecular flexibility index (Phi) is 7.49.